The summed E-state index contributed by atoms with van der Waals surface area (Å²) in [6, 6.07) is 9.37. The number of benzene rings is 1. The summed E-state index contributed by atoms with van der Waals surface area (Å²) in [6.45, 7) is 0.211. The van der Waals surface area contributed by atoms with Gasteiger partial charge in [0.25, 0.3) is 0 Å². The van der Waals surface area contributed by atoms with Crippen LogP contribution in [0.1, 0.15) is 18.4 Å². The van der Waals surface area contributed by atoms with Crippen LogP contribution < -0.4 is 5.73 Å². The molecule has 18 heavy (non-hydrogen) atoms. The Labute approximate surface area is 105 Å². The summed E-state index contributed by atoms with van der Waals surface area (Å²) in [7, 11) is 0. The summed E-state index contributed by atoms with van der Waals surface area (Å²) in [5, 5.41) is 16.0. The maximum Gasteiger partial charge on any atom is 0.404 e. The molecule has 0 unspecified atom stereocenters. The fourth-order valence-corrected chi connectivity index (χ4v) is 0.959. The molecule has 6 nitrogen and oxygen atoms in total. The van der Waals surface area contributed by atoms with E-state index in [-0.39, 0.29) is 19.6 Å². The first-order chi connectivity index (χ1) is 8.56. The van der Waals surface area contributed by atoms with Gasteiger partial charge in [0.2, 0.25) is 0 Å². The molecule has 1 aromatic rings. The van der Waals surface area contributed by atoms with E-state index in [0.29, 0.717) is 6.42 Å². The molecule has 6 heteroatoms. The minimum atomic E-state index is -0.853. The minimum Gasteiger partial charge on any atom is -0.481 e. The van der Waals surface area contributed by atoms with Gasteiger partial charge in [-0.2, -0.15) is 0 Å². The molecule has 0 aliphatic heterocycles. The van der Waals surface area contributed by atoms with Crippen molar-refractivity contribution in [1.29, 1.82) is 0 Å². The standard InChI is InChI=1S/C8H9NO2.C4H8O3/c9-8(10)11-6-7-4-2-1-3-5-7;5-3-1-2-4(6)7/h1-5H,6H2,(H2,9,10);5H,1-3H2,(H,6,7). The molecule has 1 aromatic carbocycles. The van der Waals surface area contributed by atoms with E-state index < -0.39 is 12.1 Å². The lowest BCUT2D eigenvalue weighted by atomic mass is 10.2. The van der Waals surface area contributed by atoms with E-state index in [1.165, 1.54) is 0 Å². The predicted octanol–water partition coefficient (Wildman–Crippen LogP) is 1.13. The Morgan fingerprint density at radius 3 is 2.22 bits per heavy atom. The number of carbonyl (C=O) groups excluding carboxylic acids is 1. The van der Waals surface area contributed by atoms with Crippen molar-refractivity contribution in [2.75, 3.05) is 6.61 Å². The van der Waals surface area contributed by atoms with Gasteiger partial charge in [-0.3, -0.25) is 4.79 Å². The second kappa shape index (κ2) is 10.1. The van der Waals surface area contributed by atoms with Crippen LogP contribution in [0.2, 0.25) is 0 Å². The van der Waals surface area contributed by atoms with E-state index in [2.05, 4.69) is 4.74 Å². The van der Waals surface area contributed by atoms with E-state index in [1.54, 1.807) is 0 Å². The second-order valence-corrected chi connectivity index (χ2v) is 3.31. The van der Waals surface area contributed by atoms with Crippen molar-refractivity contribution in [1.82, 2.24) is 0 Å². The third-order valence-corrected chi connectivity index (χ3v) is 1.77. The maximum absolute atomic E-state index is 10.2. The Morgan fingerprint density at radius 2 is 1.83 bits per heavy atom. The molecule has 0 saturated carbocycles. The molecule has 0 aromatic heterocycles. The Bertz CT molecular complexity index is 353. The highest BCUT2D eigenvalue weighted by Crippen LogP contribution is 1.99. The van der Waals surface area contributed by atoms with Crippen LogP contribution in [0.3, 0.4) is 0 Å². The Hall–Kier alpha value is -2.08. The molecule has 0 radical (unpaired) electrons. The highest BCUT2D eigenvalue weighted by molar-refractivity contribution is 5.66. The van der Waals surface area contributed by atoms with Crippen LogP contribution in [-0.2, 0) is 16.1 Å². The lowest BCUT2D eigenvalue weighted by Crippen LogP contribution is -2.12. The summed E-state index contributed by atoms with van der Waals surface area (Å²) >= 11 is 0. The number of nitrogens with two attached hydrogens (primary N) is 1. The zero-order valence-corrected chi connectivity index (χ0v) is 9.91. The summed E-state index contributed by atoms with van der Waals surface area (Å²) in [4.78, 5) is 19.8. The van der Waals surface area contributed by atoms with Crippen LogP contribution in [0.15, 0.2) is 30.3 Å². The number of carboxylic acid groups (broad SMARTS) is 1. The van der Waals surface area contributed by atoms with Crippen LogP contribution in [0.5, 0.6) is 0 Å². The number of amides is 1. The summed E-state index contributed by atoms with van der Waals surface area (Å²) in [5.74, 6) is -0.853. The van der Waals surface area contributed by atoms with Gasteiger partial charge in [-0.15, -0.1) is 0 Å². The normalized spacial score (nSPS) is 8.94. The van der Waals surface area contributed by atoms with Crippen molar-refractivity contribution >= 4 is 12.1 Å². The lowest BCUT2D eigenvalue weighted by molar-refractivity contribution is -0.137. The molecule has 0 bridgehead atoms. The third kappa shape index (κ3) is 10.4. The zero-order chi connectivity index (χ0) is 13.8. The van der Waals surface area contributed by atoms with Gasteiger partial charge in [0.1, 0.15) is 6.61 Å². The molecule has 100 valence electrons. The predicted molar refractivity (Wildman–Crippen MR) is 64.8 cm³/mol. The summed E-state index contributed by atoms with van der Waals surface area (Å²) in [6.07, 6.45) is -0.319. The van der Waals surface area contributed by atoms with Crippen molar-refractivity contribution in [2.24, 2.45) is 5.73 Å². The molecule has 4 N–H and O–H groups in total. The highest BCUT2D eigenvalue weighted by atomic mass is 16.5. The first-order valence-corrected chi connectivity index (χ1v) is 5.35. The average molecular weight is 255 g/mol. The van der Waals surface area contributed by atoms with E-state index in [4.69, 9.17) is 15.9 Å². The second-order valence-electron chi connectivity index (χ2n) is 3.31. The quantitative estimate of drug-likeness (QED) is 0.730. The van der Waals surface area contributed by atoms with Crippen molar-refractivity contribution in [3.63, 3.8) is 0 Å². The SMILES string of the molecule is NC(=O)OCc1ccccc1.O=C(O)CCCO. The molecule has 0 spiro atoms. The molecule has 1 rings (SSSR count). The molecule has 0 heterocycles. The van der Waals surface area contributed by atoms with Crippen molar-refractivity contribution in [3.8, 4) is 0 Å². The molecule has 0 fully saturated rings. The zero-order valence-electron chi connectivity index (χ0n) is 9.91. The van der Waals surface area contributed by atoms with Crippen LogP contribution in [0.4, 0.5) is 4.79 Å². The van der Waals surface area contributed by atoms with E-state index in [0.717, 1.165) is 5.56 Å². The summed E-state index contributed by atoms with van der Waals surface area (Å²) in [5.41, 5.74) is 5.72. The fourth-order valence-electron chi connectivity index (χ4n) is 0.959. The molecule has 0 aliphatic carbocycles. The van der Waals surface area contributed by atoms with Gasteiger partial charge in [0, 0.05) is 13.0 Å². The van der Waals surface area contributed by atoms with Crippen molar-refractivity contribution in [3.05, 3.63) is 35.9 Å². The number of carboxylic acids is 1. The average Bonchev–Trinajstić information content (AvgIpc) is 2.36. The number of rotatable bonds is 5. The van der Waals surface area contributed by atoms with Gasteiger partial charge >= 0.3 is 12.1 Å². The third-order valence-electron chi connectivity index (χ3n) is 1.77. The number of hydrogen-bond donors (Lipinski definition) is 3. The van der Waals surface area contributed by atoms with Crippen LogP contribution in [-0.4, -0.2) is 28.9 Å². The number of aliphatic carboxylic acids is 1. The number of primary amides is 1. The van der Waals surface area contributed by atoms with E-state index in [9.17, 15) is 9.59 Å². The molecule has 1 amide bonds. The topological polar surface area (TPSA) is 110 Å². The van der Waals surface area contributed by atoms with Gasteiger partial charge in [0.15, 0.2) is 0 Å². The minimum absolute atomic E-state index is 0.0354. The van der Waals surface area contributed by atoms with Gasteiger partial charge < -0.3 is 20.7 Å². The number of carbonyl (C=O) groups is 2. The van der Waals surface area contributed by atoms with Crippen LogP contribution in [0, 0.1) is 0 Å². The fraction of sp³-hybridized carbons (Fsp3) is 0.333. The lowest BCUT2D eigenvalue weighted by Gasteiger charge is -1.99. The smallest absolute Gasteiger partial charge is 0.404 e. The molecule has 0 aliphatic rings. The number of aliphatic hydroxyl groups is 1. The monoisotopic (exact) mass is 255 g/mol. The molecular formula is C12H17NO5. The highest BCUT2D eigenvalue weighted by Gasteiger charge is 1.93. The Morgan fingerprint density at radius 1 is 1.22 bits per heavy atom. The molecule has 0 atom stereocenters. The van der Waals surface area contributed by atoms with Crippen molar-refractivity contribution < 1.29 is 24.5 Å². The van der Waals surface area contributed by atoms with Crippen molar-refractivity contribution in [2.45, 2.75) is 19.4 Å². The molecule has 0 saturated heterocycles. The first-order valence-electron chi connectivity index (χ1n) is 5.35. The van der Waals surface area contributed by atoms with Gasteiger partial charge in [-0.25, -0.2) is 4.79 Å². The van der Waals surface area contributed by atoms with Crippen LogP contribution >= 0.6 is 0 Å². The number of aliphatic hydroxyl groups excluding tert-OH is 1. The Kier molecular flexibility index (Phi) is 8.93. The molecular weight excluding hydrogens is 238 g/mol. The van der Waals surface area contributed by atoms with E-state index in [1.807, 2.05) is 30.3 Å². The number of hydrogen-bond acceptors (Lipinski definition) is 4. The summed E-state index contributed by atoms with van der Waals surface area (Å²) < 4.78 is 4.57. The maximum atomic E-state index is 10.2. The van der Waals surface area contributed by atoms with Gasteiger partial charge in [-0.05, 0) is 12.0 Å². The van der Waals surface area contributed by atoms with Gasteiger partial charge in [-0.1, -0.05) is 30.3 Å². The van der Waals surface area contributed by atoms with Crippen LogP contribution in [0.25, 0.3) is 0 Å². The van der Waals surface area contributed by atoms with Gasteiger partial charge in [0.05, 0.1) is 0 Å². The largest absolute Gasteiger partial charge is 0.481 e. The first kappa shape index (κ1) is 15.9. The van der Waals surface area contributed by atoms with E-state index >= 15 is 0 Å². The number of ether oxygens (including phenoxy) is 1. The Balaban J connectivity index is 0.000000360.